The van der Waals surface area contributed by atoms with Crippen LogP contribution in [-0.2, 0) is 19.0 Å². The van der Waals surface area contributed by atoms with E-state index in [1.807, 2.05) is 0 Å². The first-order chi connectivity index (χ1) is 9.44. The van der Waals surface area contributed by atoms with Crippen LogP contribution in [-0.4, -0.2) is 42.3 Å². The zero-order valence-electron chi connectivity index (χ0n) is 12.9. The summed E-state index contributed by atoms with van der Waals surface area (Å²) in [6.45, 7) is 6.04. The van der Waals surface area contributed by atoms with Gasteiger partial charge in [0.05, 0.1) is 6.61 Å². The van der Waals surface area contributed by atoms with E-state index in [1.165, 1.54) is 12.8 Å². The lowest BCUT2D eigenvalue weighted by molar-refractivity contribution is -0.162. The fourth-order valence-corrected chi connectivity index (χ4v) is 2.14. The molecule has 1 aliphatic rings. The molecule has 2 unspecified atom stereocenters. The molecule has 0 aromatic carbocycles. The number of ether oxygens (including phenoxy) is 3. The molecule has 20 heavy (non-hydrogen) atoms. The fraction of sp³-hybridized carbons (Fsp3) is 0.933. The Kier molecular flexibility index (Phi) is 7.48. The summed E-state index contributed by atoms with van der Waals surface area (Å²) in [7, 11) is 0. The molecule has 0 aliphatic carbocycles. The van der Waals surface area contributed by atoms with Gasteiger partial charge in [-0.25, -0.2) is 0 Å². The number of esters is 1. The molecule has 0 radical (unpaired) electrons. The molecule has 118 valence electrons. The third-order valence-electron chi connectivity index (χ3n) is 3.36. The van der Waals surface area contributed by atoms with Crippen molar-refractivity contribution in [2.24, 2.45) is 0 Å². The van der Waals surface area contributed by atoms with Gasteiger partial charge in [-0.2, -0.15) is 0 Å². The van der Waals surface area contributed by atoms with Gasteiger partial charge in [0, 0.05) is 6.42 Å². The number of hydrogen-bond acceptors (Lipinski definition) is 5. The molecular weight excluding hydrogens is 260 g/mol. The average Bonchev–Trinajstić information content (AvgIpc) is 2.76. The summed E-state index contributed by atoms with van der Waals surface area (Å²) in [4.78, 5) is 11.5. The van der Waals surface area contributed by atoms with Crippen molar-refractivity contribution in [3.8, 4) is 0 Å². The SMILES string of the molecule is CCCCCCCC(=O)OCC(O)C1COC(C)(C)O1. The van der Waals surface area contributed by atoms with Crippen LogP contribution in [0.3, 0.4) is 0 Å². The maximum Gasteiger partial charge on any atom is 0.305 e. The van der Waals surface area contributed by atoms with Crippen LogP contribution in [0.15, 0.2) is 0 Å². The van der Waals surface area contributed by atoms with Gasteiger partial charge in [0.15, 0.2) is 5.79 Å². The Bertz CT molecular complexity index is 290. The van der Waals surface area contributed by atoms with Gasteiger partial charge in [0.25, 0.3) is 0 Å². The molecule has 0 aromatic rings. The summed E-state index contributed by atoms with van der Waals surface area (Å²) < 4.78 is 15.9. The normalized spacial score (nSPS) is 22.7. The number of aliphatic hydroxyl groups excluding tert-OH is 1. The highest BCUT2D eigenvalue weighted by molar-refractivity contribution is 5.69. The predicted molar refractivity (Wildman–Crippen MR) is 75.2 cm³/mol. The van der Waals surface area contributed by atoms with Crippen LogP contribution in [0, 0.1) is 0 Å². The summed E-state index contributed by atoms with van der Waals surface area (Å²) in [6, 6.07) is 0. The lowest BCUT2D eigenvalue weighted by Gasteiger charge is -2.20. The maximum absolute atomic E-state index is 11.5. The minimum Gasteiger partial charge on any atom is -0.463 e. The van der Waals surface area contributed by atoms with Crippen molar-refractivity contribution in [1.82, 2.24) is 0 Å². The van der Waals surface area contributed by atoms with Gasteiger partial charge in [-0.3, -0.25) is 4.79 Å². The second-order valence-corrected chi connectivity index (χ2v) is 5.78. The van der Waals surface area contributed by atoms with E-state index < -0.39 is 18.0 Å². The molecule has 1 aliphatic heterocycles. The molecule has 1 rings (SSSR count). The van der Waals surface area contributed by atoms with E-state index in [9.17, 15) is 9.90 Å². The zero-order valence-corrected chi connectivity index (χ0v) is 12.9. The van der Waals surface area contributed by atoms with Crippen LogP contribution in [0.5, 0.6) is 0 Å². The van der Waals surface area contributed by atoms with Crippen LogP contribution < -0.4 is 0 Å². The molecule has 1 N–H and O–H groups in total. The van der Waals surface area contributed by atoms with Gasteiger partial charge >= 0.3 is 5.97 Å². The largest absolute Gasteiger partial charge is 0.463 e. The van der Waals surface area contributed by atoms with Crippen molar-refractivity contribution in [1.29, 1.82) is 0 Å². The molecular formula is C15H28O5. The van der Waals surface area contributed by atoms with E-state index in [-0.39, 0.29) is 12.6 Å². The van der Waals surface area contributed by atoms with Gasteiger partial charge in [-0.15, -0.1) is 0 Å². The first kappa shape index (κ1) is 17.4. The van der Waals surface area contributed by atoms with E-state index in [1.54, 1.807) is 13.8 Å². The quantitative estimate of drug-likeness (QED) is 0.521. The Morgan fingerprint density at radius 1 is 1.35 bits per heavy atom. The zero-order chi connectivity index (χ0) is 15.0. The fourth-order valence-electron chi connectivity index (χ4n) is 2.14. The van der Waals surface area contributed by atoms with Crippen LogP contribution in [0.2, 0.25) is 0 Å². The number of rotatable bonds is 9. The van der Waals surface area contributed by atoms with E-state index >= 15 is 0 Å². The Morgan fingerprint density at radius 2 is 2.05 bits per heavy atom. The van der Waals surface area contributed by atoms with Gasteiger partial charge < -0.3 is 19.3 Å². The standard InChI is InChI=1S/C15H28O5/c1-4-5-6-7-8-9-14(17)18-10-12(16)13-11-19-15(2,3)20-13/h12-13,16H,4-11H2,1-3H3. The number of carbonyl (C=O) groups is 1. The molecule has 0 saturated carbocycles. The van der Waals surface area contributed by atoms with E-state index in [0.717, 1.165) is 19.3 Å². The van der Waals surface area contributed by atoms with Gasteiger partial charge in [0.2, 0.25) is 0 Å². The highest BCUT2D eigenvalue weighted by Gasteiger charge is 2.37. The summed E-state index contributed by atoms with van der Waals surface area (Å²) in [5, 5.41) is 9.89. The molecule has 1 saturated heterocycles. The Balaban J connectivity index is 2.08. The summed E-state index contributed by atoms with van der Waals surface area (Å²) >= 11 is 0. The molecule has 0 spiro atoms. The smallest absolute Gasteiger partial charge is 0.305 e. The summed E-state index contributed by atoms with van der Waals surface area (Å²) in [6.07, 6.45) is 4.63. The van der Waals surface area contributed by atoms with Crippen LogP contribution in [0.4, 0.5) is 0 Å². The molecule has 0 bridgehead atoms. The first-order valence-corrected chi connectivity index (χ1v) is 7.60. The topological polar surface area (TPSA) is 65.0 Å². The van der Waals surface area contributed by atoms with Crippen molar-refractivity contribution in [2.45, 2.75) is 77.3 Å². The second-order valence-electron chi connectivity index (χ2n) is 5.78. The van der Waals surface area contributed by atoms with Crippen molar-refractivity contribution in [3.63, 3.8) is 0 Å². The van der Waals surface area contributed by atoms with E-state index in [2.05, 4.69) is 6.92 Å². The third kappa shape index (κ3) is 6.68. The lowest BCUT2D eigenvalue weighted by atomic mass is 10.1. The molecule has 1 heterocycles. The molecule has 2 atom stereocenters. The monoisotopic (exact) mass is 288 g/mol. The highest BCUT2D eigenvalue weighted by Crippen LogP contribution is 2.24. The summed E-state index contributed by atoms with van der Waals surface area (Å²) in [5.74, 6) is -0.923. The maximum atomic E-state index is 11.5. The lowest BCUT2D eigenvalue weighted by Crippen LogP contribution is -2.34. The van der Waals surface area contributed by atoms with Gasteiger partial charge in [0.1, 0.15) is 18.8 Å². The first-order valence-electron chi connectivity index (χ1n) is 7.60. The summed E-state index contributed by atoms with van der Waals surface area (Å²) in [5.41, 5.74) is 0. The second kappa shape index (κ2) is 8.60. The molecule has 5 nitrogen and oxygen atoms in total. The molecule has 0 amide bonds. The number of hydrogen-bond donors (Lipinski definition) is 1. The van der Waals surface area contributed by atoms with Gasteiger partial charge in [-0.1, -0.05) is 32.6 Å². The van der Waals surface area contributed by atoms with Crippen molar-refractivity contribution in [2.75, 3.05) is 13.2 Å². The van der Waals surface area contributed by atoms with E-state index in [0.29, 0.717) is 13.0 Å². The third-order valence-corrected chi connectivity index (χ3v) is 3.36. The van der Waals surface area contributed by atoms with Crippen molar-refractivity contribution in [3.05, 3.63) is 0 Å². The van der Waals surface area contributed by atoms with Crippen LogP contribution in [0.25, 0.3) is 0 Å². The Labute approximate surface area is 121 Å². The Morgan fingerprint density at radius 3 is 2.65 bits per heavy atom. The van der Waals surface area contributed by atoms with Crippen molar-refractivity contribution >= 4 is 5.97 Å². The number of unbranched alkanes of at least 4 members (excludes halogenated alkanes) is 4. The molecule has 1 fully saturated rings. The molecule has 0 aromatic heterocycles. The predicted octanol–water partition coefficient (Wildman–Crippen LogP) is 2.40. The van der Waals surface area contributed by atoms with E-state index in [4.69, 9.17) is 14.2 Å². The highest BCUT2D eigenvalue weighted by atomic mass is 16.7. The van der Waals surface area contributed by atoms with Crippen molar-refractivity contribution < 1.29 is 24.1 Å². The average molecular weight is 288 g/mol. The van der Waals surface area contributed by atoms with Gasteiger partial charge in [-0.05, 0) is 20.3 Å². The van der Waals surface area contributed by atoms with Crippen LogP contribution >= 0.6 is 0 Å². The minimum atomic E-state index is -0.833. The number of aliphatic hydroxyl groups is 1. The van der Waals surface area contributed by atoms with Crippen LogP contribution in [0.1, 0.15) is 59.3 Å². The number of carbonyl (C=O) groups excluding carboxylic acids is 1. The minimum absolute atomic E-state index is 0.0299. The Hall–Kier alpha value is -0.650. The molecule has 5 heteroatoms.